The smallest absolute Gasteiger partial charge is 0.175 e. The summed E-state index contributed by atoms with van der Waals surface area (Å²) in [7, 11) is 3.32. The standard InChI is InChI=1S/C21H26N6O2/c1-15-8-10-27(25-15)21-7-6-20(23-24-21)26-9-4-5-16(14-26)22-17-11-18(28-2)13-19(12-17)29-3/h6-8,10-13,16,22H,4-5,9,14H2,1-3H3. The van der Waals surface area contributed by atoms with Crippen LogP contribution in [0, 0.1) is 6.92 Å². The molecule has 0 aliphatic carbocycles. The third-order valence-corrected chi connectivity index (χ3v) is 5.06. The van der Waals surface area contributed by atoms with E-state index in [1.807, 2.05) is 49.5 Å². The molecule has 3 aromatic rings. The molecule has 1 unspecified atom stereocenters. The number of methoxy groups -OCH3 is 2. The van der Waals surface area contributed by atoms with Crippen molar-refractivity contribution in [3.8, 4) is 17.3 Å². The molecule has 1 fully saturated rings. The SMILES string of the molecule is COc1cc(NC2CCCN(c3ccc(-n4ccc(C)n4)nn3)C2)cc(OC)c1. The lowest BCUT2D eigenvalue weighted by atomic mass is 10.1. The molecule has 2 aromatic heterocycles. The van der Waals surface area contributed by atoms with E-state index >= 15 is 0 Å². The van der Waals surface area contributed by atoms with Crippen LogP contribution in [0.5, 0.6) is 11.5 Å². The zero-order chi connectivity index (χ0) is 20.2. The molecular weight excluding hydrogens is 368 g/mol. The highest BCUT2D eigenvalue weighted by Gasteiger charge is 2.21. The van der Waals surface area contributed by atoms with Gasteiger partial charge in [-0.15, -0.1) is 10.2 Å². The number of rotatable bonds is 6. The highest BCUT2D eigenvalue weighted by molar-refractivity contribution is 5.55. The second-order valence-electron chi connectivity index (χ2n) is 7.18. The summed E-state index contributed by atoms with van der Waals surface area (Å²) < 4.78 is 12.5. The summed E-state index contributed by atoms with van der Waals surface area (Å²) in [6.45, 7) is 3.78. The quantitative estimate of drug-likeness (QED) is 0.688. The average molecular weight is 394 g/mol. The van der Waals surface area contributed by atoms with Gasteiger partial charge in [-0.1, -0.05) is 0 Å². The molecule has 1 aliphatic heterocycles. The second-order valence-corrected chi connectivity index (χ2v) is 7.18. The third kappa shape index (κ3) is 4.42. The van der Waals surface area contributed by atoms with Crippen molar-refractivity contribution in [2.75, 3.05) is 37.5 Å². The van der Waals surface area contributed by atoms with Crippen molar-refractivity contribution in [2.45, 2.75) is 25.8 Å². The van der Waals surface area contributed by atoms with Crippen LogP contribution >= 0.6 is 0 Å². The van der Waals surface area contributed by atoms with E-state index in [4.69, 9.17) is 9.47 Å². The van der Waals surface area contributed by atoms with Crippen molar-refractivity contribution in [2.24, 2.45) is 0 Å². The van der Waals surface area contributed by atoms with Gasteiger partial charge in [0.15, 0.2) is 11.6 Å². The Hall–Kier alpha value is -3.29. The number of aryl methyl sites for hydroxylation is 1. The van der Waals surface area contributed by atoms with Gasteiger partial charge in [-0.25, -0.2) is 4.68 Å². The Morgan fingerprint density at radius 1 is 1.00 bits per heavy atom. The molecule has 0 saturated carbocycles. The highest BCUT2D eigenvalue weighted by atomic mass is 16.5. The van der Waals surface area contributed by atoms with Gasteiger partial charge in [0, 0.05) is 49.2 Å². The molecule has 1 N–H and O–H groups in total. The van der Waals surface area contributed by atoms with Crippen LogP contribution in [0.1, 0.15) is 18.5 Å². The van der Waals surface area contributed by atoms with Crippen LogP contribution in [-0.4, -0.2) is 53.3 Å². The van der Waals surface area contributed by atoms with Crippen LogP contribution in [0.3, 0.4) is 0 Å². The van der Waals surface area contributed by atoms with Crippen LogP contribution in [0.15, 0.2) is 42.6 Å². The molecule has 0 spiro atoms. The number of piperidine rings is 1. The summed E-state index contributed by atoms with van der Waals surface area (Å²) in [4.78, 5) is 2.27. The van der Waals surface area contributed by atoms with E-state index in [0.29, 0.717) is 6.04 Å². The van der Waals surface area contributed by atoms with Gasteiger partial charge in [0.1, 0.15) is 11.5 Å². The van der Waals surface area contributed by atoms with Crippen molar-refractivity contribution in [1.29, 1.82) is 0 Å². The Bertz CT molecular complexity index is 934. The molecule has 8 nitrogen and oxygen atoms in total. The van der Waals surface area contributed by atoms with Crippen molar-refractivity contribution in [3.63, 3.8) is 0 Å². The first-order valence-electron chi connectivity index (χ1n) is 9.75. The van der Waals surface area contributed by atoms with E-state index in [1.54, 1.807) is 18.9 Å². The van der Waals surface area contributed by atoms with Gasteiger partial charge in [-0.3, -0.25) is 0 Å². The second kappa shape index (κ2) is 8.38. The maximum Gasteiger partial charge on any atom is 0.175 e. The topological polar surface area (TPSA) is 77.3 Å². The highest BCUT2D eigenvalue weighted by Crippen LogP contribution is 2.28. The average Bonchev–Trinajstić information content (AvgIpc) is 3.20. The van der Waals surface area contributed by atoms with Gasteiger partial charge < -0.3 is 19.7 Å². The zero-order valence-electron chi connectivity index (χ0n) is 17.0. The van der Waals surface area contributed by atoms with Crippen molar-refractivity contribution in [1.82, 2.24) is 20.0 Å². The third-order valence-electron chi connectivity index (χ3n) is 5.06. The van der Waals surface area contributed by atoms with Crippen LogP contribution < -0.4 is 19.7 Å². The number of nitrogens with zero attached hydrogens (tertiary/aromatic N) is 5. The minimum atomic E-state index is 0.302. The summed E-state index contributed by atoms with van der Waals surface area (Å²) in [5.74, 6) is 3.15. The minimum absolute atomic E-state index is 0.302. The predicted molar refractivity (Wildman–Crippen MR) is 112 cm³/mol. The molecule has 0 radical (unpaired) electrons. The number of ether oxygens (including phenoxy) is 2. The summed E-state index contributed by atoms with van der Waals surface area (Å²) >= 11 is 0. The fourth-order valence-electron chi connectivity index (χ4n) is 3.58. The first kappa shape index (κ1) is 19.0. The molecule has 1 saturated heterocycles. The lowest BCUT2D eigenvalue weighted by Crippen LogP contribution is -2.42. The fraction of sp³-hybridized carbons (Fsp3) is 0.381. The van der Waals surface area contributed by atoms with Gasteiger partial charge in [-0.05, 0) is 38.0 Å². The number of benzene rings is 1. The number of aromatic nitrogens is 4. The van der Waals surface area contributed by atoms with Crippen LogP contribution in [0.25, 0.3) is 5.82 Å². The largest absolute Gasteiger partial charge is 0.497 e. The summed E-state index contributed by atoms with van der Waals surface area (Å²) in [6.07, 6.45) is 4.07. The lowest BCUT2D eigenvalue weighted by Gasteiger charge is -2.34. The van der Waals surface area contributed by atoms with E-state index in [9.17, 15) is 0 Å². The first-order chi connectivity index (χ1) is 14.1. The van der Waals surface area contributed by atoms with E-state index in [1.165, 1.54) is 0 Å². The monoisotopic (exact) mass is 394 g/mol. The Kier molecular flexibility index (Phi) is 5.50. The molecule has 3 heterocycles. The maximum atomic E-state index is 5.37. The van der Waals surface area contributed by atoms with Crippen molar-refractivity contribution in [3.05, 3.63) is 48.3 Å². The Balaban J connectivity index is 1.44. The van der Waals surface area contributed by atoms with E-state index in [-0.39, 0.29) is 0 Å². The first-order valence-corrected chi connectivity index (χ1v) is 9.75. The number of nitrogens with one attached hydrogen (secondary N) is 1. The maximum absolute atomic E-state index is 5.37. The Morgan fingerprint density at radius 3 is 2.34 bits per heavy atom. The Labute approximate surface area is 170 Å². The van der Waals surface area contributed by atoms with E-state index < -0.39 is 0 Å². The van der Waals surface area contributed by atoms with E-state index in [0.717, 1.165) is 60.4 Å². The number of anilines is 2. The molecule has 0 bridgehead atoms. The molecule has 1 aliphatic rings. The van der Waals surface area contributed by atoms with Crippen molar-refractivity contribution < 1.29 is 9.47 Å². The molecule has 29 heavy (non-hydrogen) atoms. The fourth-order valence-corrected chi connectivity index (χ4v) is 3.58. The van der Waals surface area contributed by atoms with Crippen LogP contribution in [-0.2, 0) is 0 Å². The van der Waals surface area contributed by atoms with Gasteiger partial charge in [0.25, 0.3) is 0 Å². The summed E-state index contributed by atoms with van der Waals surface area (Å²) in [5, 5.41) is 16.8. The summed E-state index contributed by atoms with van der Waals surface area (Å²) in [6, 6.07) is 12.1. The molecule has 8 heteroatoms. The lowest BCUT2D eigenvalue weighted by molar-refractivity contribution is 0.394. The number of hydrogen-bond acceptors (Lipinski definition) is 7. The Morgan fingerprint density at radius 2 is 1.72 bits per heavy atom. The molecule has 1 aromatic carbocycles. The molecule has 0 amide bonds. The molecule has 152 valence electrons. The predicted octanol–water partition coefficient (Wildman–Crippen LogP) is 3.07. The summed E-state index contributed by atoms with van der Waals surface area (Å²) in [5.41, 5.74) is 1.94. The van der Waals surface area contributed by atoms with Gasteiger partial charge >= 0.3 is 0 Å². The van der Waals surface area contributed by atoms with E-state index in [2.05, 4.69) is 25.5 Å². The van der Waals surface area contributed by atoms with Crippen molar-refractivity contribution >= 4 is 11.5 Å². The minimum Gasteiger partial charge on any atom is -0.497 e. The van der Waals surface area contributed by atoms with Crippen LogP contribution in [0.4, 0.5) is 11.5 Å². The zero-order valence-corrected chi connectivity index (χ0v) is 17.0. The molecule has 4 rings (SSSR count). The molecular formula is C21H26N6O2. The molecule has 1 atom stereocenters. The number of hydrogen-bond donors (Lipinski definition) is 1. The normalized spacial score (nSPS) is 16.5. The van der Waals surface area contributed by atoms with Crippen LogP contribution in [0.2, 0.25) is 0 Å². The van der Waals surface area contributed by atoms with Gasteiger partial charge in [-0.2, -0.15) is 5.10 Å². The van der Waals surface area contributed by atoms with Gasteiger partial charge in [0.2, 0.25) is 0 Å². The van der Waals surface area contributed by atoms with Gasteiger partial charge in [0.05, 0.1) is 19.9 Å².